The van der Waals surface area contributed by atoms with Crippen LogP contribution in [-0.4, -0.2) is 38.3 Å². The SMILES string of the molecule is Cc1ccc(NC(=O)[C@H](C)N2C(=O)[C@@H]3[C@H]4C[C@@H]([C@@H](Br)[C@H]4Br)[C@H]3C2=O)cc1. The van der Waals surface area contributed by atoms with Gasteiger partial charge in [-0.05, 0) is 44.2 Å². The number of alkyl halides is 2. The summed E-state index contributed by atoms with van der Waals surface area (Å²) in [5.41, 5.74) is 1.76. The van der Waals surface area contributed by atoms with E-state index in [0.29, 0.717) is 5.69 Å². The van der Waals surface area contributed by atoms with Gasteiger partial charge in [0.1, 0.15) is 6.04 Å². The maximum absolute atomic E-state index is 13.0. The lowest BCUT2D eigenvalue weighted by Gasteiger charge is -2.28. The molecule has 1 aliphatic heterocycles. The summed E-state index contributed by atoms with van der Waals surface area (Å²) >= 11 is 7.34. The van der Waals surface area contributed by atoms with Gasteiger partial charge in [0.05, 0.1) is 11.8 Å². The van der Waals surface area contributed by atoms with E-state index in [0.717, 1.165) is 12.0 Å². The molecule has 2 bridgehead atoms. The molecule has 2 saturated carbocycles. The van der Waals surface area contributed by atoms with Crippen molar-refractivity contribution in [1.82, 2.24) is 4.90 Å². The van der Waals surface area contributed by atoms with Crippen molar-refractivity contribution >= 4 is 55.3 Å². The van der Waals surface area contributed by atoms with Crippen LogP contribution in [0, 0.1) is 30.6 Å². The number of nitrogens with one attached hydrogen (secondary N) is 1. The molecule has 0 aromatic heterocycles. The fraction of sp³-hybridized carbons (Fsp3) is 0.526. The third kappa shape index (κ3) is 2.58. The zero-order chi connectivity index (χ0) is 18.7. The first kappa shape index (κ1) is 18.2. The van der Waals surface area contributed by atoms with E-state index < -0.39 is 6.04 Å². The van der Waals surface area contributed by atoms with Crippen LogP contribution in [0.15, 0.2) is 24.3 Å². The summed E-state index contributed by atoms with van der Waals surface area (Å²) in [4.78, 5) is 40.2. The van der Waals surface area contributed by atoms with Gasteiger partial charge in [0.2, 0.25) is 17.7 Å². The third-order valence-corrected chi connectivity index (χ3v) is 9.31. The molecule has 1 heterocycles. The topological polar surface area (TPSA) is 66.5 Å². The number of halogens is 2. The first-order valence-electron chi connectivity index (χ1n) is 8.84. The molecule has 0 unspecified atom stereocenters. The monoisotopic (exact) mass is 482 g/mol. The fourth-order valence-electron chi connectivity index (χ4n) is 4.75. The Labute approximate surface area is 169 Å². The van der Waals surface area contributed by atoms with Crippen molar-refractivity contribution in [2.45, 2.75) is 36.0 Å². The van der Waals surface area contributed by atoms with Crippen molar-refractivity contribution in [3.8, 4) is 0 Å². The van der Waals surface area contributed by atoms with Crippen LogP contribution < -0.4 is 5.32 Å². The minimum atomic E-state index is -0.816. The Balaban J connectivity index is 1.53. The van der Waals surface area contributed by atoms with Crippen LogP contribution in [0.4, 0.5) is 5.69 Å². The second-order valence-electron chi connectivity index (χ2n) is 7.58. The van der Waals surface area contributed by atoms with Crippen LogP contribution in [0.5, 0.6) is 0 Å². The smallest absolute Gasteiger partial charge is 0.247 e. The highest BCUT2D eigenvalue weighted by Crippen LogP contribution is 2.60. The van der Waals surface area contributed by atoms with Gasteiger partial charge in [-0.3, -0.25) is 19.3 Å². The van der Waals surface area contributed by atoms with Gasteiger partial charge in [-0.25, -0.2) is 0 Å². The molecule has 5 nitrogen and oxygen atoms in total. The summed E-state index contributed by atoms with van der Waals surface area (Å²) in [5, 5.41) is 2.80. The van der Waals surface area contributed by atoms with E-state index in [-0.39, 0.29) is 51.0 Å². The molecule has 4 rings (SSSR count). The van der Waals surface area contributed by atoms with Crippen LogP contribution >= 0.6 is 31.9 Å². The number of anilines is 1. The molecule has 0 spiro atoms. The van der Waals surface area contributed by atoms with Gasteiger partial charge in [0.25, 0.3) is 0 Å². The number of amides is 3. The molecule has 1 aromatic rings. The molecule has 7 atom stereocenters. The van der Waals surface area contributed by atoms with E-state index in [1.165, 1.54) is 4.90 Å². The lowest BCUT2D eigenvalue weighted by Crippen LogP contribution is -2.46. The van der Waals surface area contributed by atoms with Crippen LogP contribution in [0.2, 0.25) is 0 Å². The molecule has 138 valence electrons. The number of hydrogen-bond donors (Lipinski definition) is 1. The number of fused-ring (bicyclic) bond motifs is 5. The summed E-state index contributed by atoms with van der Waals surface area (Å²) in [5.74, 6) is -0.994. The maximum Gasteiger partial charge on any atom is 0.247 e. The van der Waals surface area contributed by atoms with E-state index in [1.54, 1.807) is 6.92 Å². The average Bonchev–Trinajstić information content (AvgIpc) is 3.21. The highest BCUT2D eigenvalue weighted by molar-refractivity contribution is 9.12. The Morgan fingerprint density at radius 3 is 2.08 bits per heavy atom. The minimum Gasteiger partial charge on any atom is -0.324 e. The summed E-state index contributed by atoms with van der Waals surface area (Å²) in [6.45, 7) is 3.59. The molecular formula is C19H20Br2N2O3. The molecule has 7 heteroatoms. The van der Waals surface area contributed by atoms with Gasteiger partial charge in [-0.1, -0.05) is 49.6 Å². The van der Waals surface area contributed by atoms with Crippen LogP contribution in [0.3, 0.4) is 0 Å². The van der Waals surface area contributed by atoms with Crippen molar-refractivity contribution < 1.29 is 14.4 Å². The van der Waals surface area contributed by atoms with Crippen molar-refractivity contribution in [2.75, 3.05) is 5.32 Å². The van der Waals surface area contributed by atoms with E-state index in [1.807, 2.05) is 31.2 Å². The van der Waals surface area contributed by atoms with Crippen LogP contribution in [0.1, 0.15) is 18.9 Å². The Bertz CT molecular complexity index is 749. The number of likely N-dealkylation sites (tertiary alicyclic amines) is 1. The van der Waals surface area contributed by atoms with E-state index >= 15 is 0 Å². The molecule has 3 fully saturated rings. The second kappa shape index (κ2) is 6.44. The van der Waals surface area contributed by atoms with E-state index in [4.69, 9.17) is 0 Å². The third-order valence-electron chi connectivity index (χ3n) is 6.11. The number of carbonyl (C=O) groups is 3. The average molecular weight is 484 g/mol. The van der Waals surface area contributed by atoms with Gasteiger partial charge in [0, 0.05) is 15.3 Å². The van der Waals surface area contributed by atoms with Crippen LogP contribution in [0.25, 0.3) is 0 Å². The number of imide groups is 1. The highest BCUT2D eigenvalue weighted by Gasteiger charge is 2.67. The molecule has 1 N–H and O–H groups in total. The quantitative estimate of drug-likeness (QED) is 0.530. The molecule has 0 radical (unpaired) electrons. The summed E-state index contributed by atoms with van der Waals surface area (Å²) in [7, 11) is 0. The normalized spacial score (nSPS) is 36.4. The Hall–Kier alpha value is -1.21. The first-order valence-corrected chi connectivity index (χ1v) is 10.7. The number of benzene rings is 1. The molecule has 1 aromatic carbocycles. The highest BCUT2D eigenvalue weighted by atomic mass is 79.9. The summed E-state index contributed by atoms with van der Waals surface area (Å²) in [6.07, 6.45) is 0.885. The number of carbonyl (C=O) groups excluding carboxylic acids is 3. The van der Waals surface area contributed by atoms with Crippen molar-refractivity contribution in [1.29, 1.82) is 0 Å². The number of rotatable bonds is 3. The Kier molecular flexibility index (Phi) is 4.50. The Morgan fingerprint density at radius 1 is 1.08 bits per heavy atom. The summed E-state index contributed by atoms with van der Waals surface area (Å²) in [6, 6.07) is 6.62. The Morgan fingerprint density at radius 2 is 1.58 bits per heavy atom. The zero-order valence-electron chi connectivity index (χ0n) is 14.5. The standard InChI is InChI=1S/C19H20Br2N2O3/c1-8-3-5-10(6-4-8)22-17(24)9(2)23-18(25)13-11-7-12(14(13)19(23)26)16(21)15(11)20/h3-6,9,11-16H,7H2,1-2H3,(H,22,24)/t9-,11+,12+,13+,14+,15-,16+/m0/s1. The van der Waals surface area contributed by atoms with Gasteiger partial charge < -0.3 is 5.32 Å². The van der Waals surface area contributed by atoms with Gasteiger partial charge in [0.15, 0.2) is 0 Å². The minimum absolute atomic E-state index is 0.156. The maximum atomic E-state index is 13.0. The molecule has 1 saturated heterocycles. The van der Waals surface area contributed by atoms with Gasteiger partial charge in [-0.2, -0.15) is 0 Å². The zero-order valence-corrected chi connectivity index (χ0v) is 17.7. The molecule has 3 amide bonds. The molecular weight excluding hydrogens is 464 g/mol. The van der Waals surface area contributed by atoms with Crippen LogP contribution in [-0.2, 0) is 14.4 Å². The van der Waals surface area contributed by atoms with Crippen molar-refractivity contribution in [3.05, 3.63) is 29.8 Å². The fourth-order valence-corrected chi connectivity index (χ4v) is 6.63. The number of nitrogens with zero attached hydrogens (tertiary/aromatic N) is 1. The number of aryl methyl sites for hydroxylation is 1. The molecule has 26 heavy (non-hydrogen) atoms. The van der Waals surface area contributed by atoms with Gasteiger partial charge in [-0.15, -0.1) is 0 Å². The molecule has 3 aliphatic rings. The van der Waals surface area contributed by atoms with E-state index in [2.05, 4.69) is 37.2 Å². The van der Waals surface area contributed by atoms with E-state index in [9.17, 15) is 14.4 Å². The first-order chi connectivity index (χ1) is 12.3. The van der Waals surface area contributed by atoms with Gasteiger partial charge >= 0.3 is 0 Å². The van der Waals surface area contributed by atoms with Crippen molar-refractivity contribution in [3.63, 3.8) is 0 Å². The number of hydrogen-bond acceptors (Lipinski definition) is 3. The second-order valence-corrected chi connectivity index (χ2v) is 9.70. The predicted octanol–water partition coefficient (Wildman–Crippen LogP) is 3.10. The lowest BCUT2D eigenvalue weighted by molar-refractivity contribution is -0.146. The lowest BCUT2D eigenvalue weighted by atomic mass is 9.81. The predicted molar refractivity (Wildman–Crippen MR) is 105 cm³/mol. The van der Waals surface area contributed by atoms with Crippen molar-refractivity contribution in [2.24, 2.45) is 23.7 Å². The molecule has 2 aliphatic carbocycles. The summed E-state index contributed by atoms with van der Waals surface area (Å²) < 4.78 is 0. The largest absolute Gasteiger partial charge is 0.324 e.